The highest BCUT2D eigenvalue weighted by Crippen LogP contribution is 2.26. The number of benzene rings is 1. The molecule has 0 aliphatic rings. The van der Waals surface area contributed by atoms with Crippen LogP contribution in [0.4, 0.5) is 0 Å². The summed E-state index contributed by atoms with van der Waals surface area (Å²) >= 11 is 1.83. The van der Waals surface area contributed by atoms with Crippen LogP contribution < -0.4 is 0 Å². The number of hydrogen-bond donors (Lipinski definition) is 0. The van der Waals surface area contributed by atoms with Gasteiger partial charge in [0.15, 0.2) is 5.78 Å². The number of thioether (sulfide) groups is 1. The Labute approximate surface area is 89.9 Å². The van der Waals surface area contributed by atoms with Gasteiger partial charge in [0.25, 0.3) is 0 Å². The highest BCUT2D eigenvalue weighted by molar-refractivity contribution is 8.00. The summed E-state index contributed by atoms with van der Waals surface area (Å²) in [6.07, 6.45) is 0. The molecule has 0 aliphatic heterocycles. The van der Waals surface area contributed by atoms with Gasteiger partial charge in [0.2, 0.25) is 0 Å². The molecule has 2 heteroatoms. The number of ketones is 1. The van der Waals surface area contributed by atoms with Crippen LogP contribution in [0.2, 0.25) is 0 Å². The first-order valence-electron chi connectivity index (χ1n) is 4.79. The lowest BCUT2D eigenvalue weighted by atomic mass is 10.1. The largest absolute Gasteiger partial charge is 0.295 e. The third-order valence-corrected chi connectivity index (χ3v) is 3.13. The summed E-state index contributed by atoms with van der Waals surface area (Å²) in [5.74, 6) is 0.134. The van der Waals surface area contributed by atoms with Crippen molar-refractivity contribution in [2.75, 3.05) is 0 Å². The minimum absolute atomic E-state index is 0.134. The van der Waals surface area contributed by atoms with Gasteiger partial charge in [-0.2, -0.15) is 0 Å². The summed E-state index contributed by atoms with van der Waals surface area (Å²) in [4.78, 5) is 12.4. The summed E-state index contributed by atoms with van der Waals surface area (Å²) < 4.78 is 0. The maximum Gasteiger partial charge on any atom is 0.159 e. The second-order valence-electron chi connectivity index (χ2n) is 3.70. The van der Waals surface area contributed by atoms with Crippen molar-refractivity contribution in [3.63, 3.8) is 0 Å². The second kappa shape index (κ2) is 4.65. The van der Waals surface area contributed by atoms with E-state index in [4.69, 9.17) is 0 Å². The normalized spacial score (nSPS) is 10.6. The van der Waals surface area contributed by atoms with Crippen LogP contribution in [0.3, 0.4) is 0 Å². The van der Waals surface area contributed by atoms with E-state index in [1.807, 2.05) is 30.0 Å². The van der Waals surface area contributed by atoms with Crippen LogP contribution >= 0.6 is 11.8 Å². The van der Waals surface area contributed by atoms with Gasteiger partial charge < -0.3 is 0 Å². The first-order chi connectivity index (χ1) is 6.50. The van der Waals surface area contributed by atoms with E-state index in [0.29, 0.717) is 5.25 Å². The van der Waals surface area contributed by atoms with Crippen molar-refractivity contribution in [2.24, 2.45) is 0 Å². The molecule has 1 aromatic carbocycles. The van der Waals surface area contributed by atoms with Crippen LogP contribution in [0.1, 0.15) is 36.7 Å². The van der Waals surface area contributed by atoms with Crippen molar-refractivity contribution in [1.29, 1.82) is 0 Å². The average molecular weight is 208 g/mol. The number of rotatable bonds is 3. The lowest BCUT2D eigenvalue weighted by Crippen LogP contribution is -1.94. The van der Waals surface area contributed by atoms with Gasteiger partial charge >= 0.3 is 0 Å². The van der Waals surface area contributed by atoms with Crippen molar-refractivity contribution >= 4 is 17.5 Å². The molecule has 0 atom stereocenters. The van der Waals surface area contributed by atoms with E-state index in [2.05, 4.69) is 20.8 Å². The van der Waals surface area contributed by atoms with Gasteiger partial charge in [0, 0.05) is 15.7 Å². The number of carbonyl (C=O) groups excluding carboxylic acids is 1. The molecule has 1 rings (SSSR count). The molecule has 1 aromatic rings. The molecular formula is C12H16OS. The molecule has 1 nitrogen and oxygen atoms in total. The Morgan fingerprint density at radius 2 is 2.00 bits per heavy atom. The number of aryl methyl sites for hydroxylation is 1. The molecular weight excluding hydrogens is 192 g/mol. The topological polar surface area (TPSA) is 17.1 Å². The number of Topliss-reactive ketones (excluding diaryl/α,β-unsaturated/α-hetero) is 1. The van der Waals surface area contributed by atoms with Crippen molar-refractivity contribution in [3.05, 3.63) is 29.3 Å². The molecule has 0 saturated heterocycles. The number of hydrogen-bond acceptors (Lipinski definition) is 2. The fourth-order valence-corrected chi connectivity index (χ4v) is 2.15. The van der Waals surface area contributed by atoms with Crippen LogP contribution in [-0.4, -0.2) is 11.0 Å². The van der Waals surface area contributed by atoms with Crippen LogP contribution in [0.15, 0.2) is 23.1 Å². The zero-order valence-electron chi connectivity index (χ0n) is 9.13. The monoisotopic (exact) mass is 208 g/mol. The van der Waals surface area contributed by atoms with Crippen molar-refractivity contribution in [3.8, 4) is 0 Å². The van der Waals surface area contributed by atoms with Gasteiger partial charge in [-0.3, -0.25) is 4.79 Å². The molecule has 0 spiro atoms. The fraction of sp³-hybridized carbons (Fsp3) is 0.417. The Hall–Kier alpha value is -0.760. The third-order valence-electron chi connectivity index (χ3n) is 1.94. The molecule has 76 valence electrons. The Morgan fingerprint density at radius 1 is 1.36 bits per heavy atom. The molecule has 0 aromatic heterocycles. The van der Waals surface area contributed by atoms with E-state index in [-0.39, 0.29) is 5.78 Å². The maximum atomic E-state index is 11.1. The average Bonchev–Trinajstić information content (AvgIpc) is 2.07. The van der Waals surface area contributed by atoms with Crippen molar-refractivity contribution in [2.45, 2.75) is 37.8 Å². The van der Waals surface area contributed by atoms with Gasteiger partial charge in [-0.25, -0.2) is 0 Å². The highest BCUT2D eigenvalue weighted by atomic mass is 32.2. The van der Waals surface area contributed by atoms with Gasteiger partial charge in [-0.05, 0) is 31.5 Å². The van der Waals surface area contributed by atoms with E-state index < -0.39 is 0 Å². The standard InChI is InChI=1S/C12H16OS/c1-8(2)14-12-6-5-11(10(4)13)7-9(12)3/h5-8H,1-4H3. The molecule has 14 heavy (non-hydrogen) atoms. The Morgan fingerprint density at radius 3 is 2.43 bits per heavy atom. The molecule has 0 fully saturated rings. The minimum atomic E-state index is 0.134. The molecule has 0 heterocycles. The Bertz CT molecular complexity index is 342. The zero-order valence-corrected chi connectivity index (χ0v) is 9.94. The highest BCUT2D eigenvalue weighted by Gasteiger charge is 2.05. The smallest absolute Gasteiger partial charge is 0.159 e. The van der Waals surface area contributed by atoms with E-state index in [1.165, 1.54) is 10.5 Å². The van der Waals surface area contributed by atoms with Gasteiger partial charge in [-0.15, -0.1) is 11.8 Å². The zero-order chi connectivity index (χ0) is 10.7. The second-order valence-corrected chi connectivity index (χ2v) is 5.32. The first kappa shape index (κ1) is 11.3. The van der Waals surface area contributed by atoms with Crippen LogP contribution in [0, 0.1) is 6.92 Å². The minimum Gasteiger partial charge on any atom is -0.295 e. The summed E-state index contributed by atoms with van der Waals surface area (Å²) in [6.45, 7) is 7.99. The van der Waals surface area contributed by atoms with E-state index in [1.54, 1.807) is 6.92 Å². The van der Waals surface area contributed by atoms with Gasteiger partial charge in [-0.1, -0.05) is 19.9 Å². The van der Waals surface area contributed by atoms with Gasteiger partial charge in [0.1, 0.15) is 0 Å². The Kier molecular flexibility index (Phi) is 3.76. The lowest BCUT2D eigenvalue weighted by Gasteiger charge is -2.08. The van der Waals surface area contributed by atoms with Crippen LogP contribution in [0.5, 0.6) is 0 Å². The predicted molar refractivity (Wildman–Crippen MR) is 62.2 cm³/mol. The SMILES string of the molecule is CC(=O)c1ccc(SC(C)C)c(C)c1. The van der Waals surface area contributed by atoms with E-state index in [9.17, 15) is 4.79 Å². The molecule has 0 radical (unpaired) electrons. The first-order valence-corrected chi connectivity index (χ1v) is 5.67. The summed E-state index contributed by atoms with van der Waals surface area (Å²) in [7, 11) is 0. The maximum absolute atomic E-state index is 11.1. The van der Waals surface area contributed by atoms with Crippen molar-refractivity contribution in [1.82, 2.24) is 0 Å². The molecule has 0 bridgehead atoms. The summed E-state index contributed by atoms with van der Waals surface area (Å²) in [5, 5.41) is 0.580. The molecule has 0 N–H and O–H groups in total. The fourth-order valence-electron chi connectivity index (χ4n) is 1.25. The predicted octanol–water partition coefficient (Wildman–Crippen LogP) is 3.70. The third kappa shape index (κ3) is 2.88. The Balaban J connectivity index is 2.95. The van der Waals surface area contributed by atoms with E-state index in [0.717, 1.165) is 5.56 Å². The molecule has 0 aliphatic carbocycles. The quantitative estimate of drug-likeness (QED) is 0.556. The van der Waals surface area contributed by atoms with E-state index >= 15 is 0 Å². The lowest BCUT2D eigenvalue weighted by molar-refractivity contribution is 0.101. The summed E-state index contributed by atoms with van der Waals surface area (Å²) in [6, 6.07) is 5.91. The van der Waals surface area contributed by atoms with Crippen LogP contribution in [-0.2, 0) is 0 Å². The van der Waals surface area contributed by atoms with Crippen molar-refractivity contribution < 1.29 is 4.79 Å². The molecule has 0 saturated carbocycles. The molecule has 0 unspecified atom stereocenters. The van der Waals surface area contributed by atoms with Gasteiger partial charge in [0.05, 0.1) is 0 Å². The molecule has 0 amide bonds. The summed E-state index contributed by atoms with van der Waals surface area (Å²) in [5.41, 5.74) is 1.99. The number of carbonyl (C=O) groups is 1. The van der Waals surface area contributed by atoms with Crippen LogP contribution in [0.25, 0.3) is 0 Å².